The first-order chi connectivity index (χ1) is 12.1. The second-order valence-corrected chi connectivity index (χ2v) is 7.18. The summed E-state index contributed by atoms with van der Waals surface area (Å²) in [6, 6.07) is 4.05. The molecule has 1 saturated heterocycles. The van der Waals surface area contributed by atoms with E-state index in [1.54, 1.807) is 28.4 Å². The predicted molar refractivity (Wildman–Crippen MR) is 97.1 cm³/mol. The highest BCUT2D eigenvalue weighted by Gasteiger charge is 2.24. The molecule has 4 rings (SSSR count). The van der Waals surface area contributed by atoms with Crippen molar-refractivity contribution >= 4 is 17.2 Å². The van der Waals surface area contributed by atoms with Crippen LogP contribution in [0.5, 0.6) is 0 Å². The summed E-state index contributed by atoms with van der Waals surface area (Å²) in [5.41, 5.74) is 3.33. The smallest absolute Gasteiger partial charge is 0.257 e. The second-order valence-electron chi connectivity index (χ2n) is 6.23. The van der Waals surface area contributed by atoms with Crippen molar-refractivity contribution in [3.8, 4) is 16.5 Å². The molecular formula is C18H19N5OS. The zero-order valence-corrected chi connectivity index (χ0v) is 15.1. The summed E-state index contributed by atoms with van der Waals surface area (Å²) in [5, 5.41) is 6.41. The quantitative estimate of drug-likeness (QED) is 0.725. The van der Waals surface area contributed by atoms with Gasteiger partial charge in [-0.05, 0) is 43.7 Å². The van der Waals surface area contributed by atoms with Gasteiger partial charge >= 0.3 is 0 Å². The van der Waals surface area contributed by atoms with Crippen LogP contribution in [0.3, 0.4) is 0 Å². The summed E-state index contributed by atoms with van der Waals surface area (Å²) in [5.74, 6) is 0.541. The van der Waals surface area contributed by atoms with Crippen LogP contribution in [0, 0.1) is 13.8 Å². The lowest BCUT2D eigenvalue weighted by molar-refractivity contribution is 0.0792. The molecule has 1 aliphatic rings. The predicted octanol–water partition coefficient (Wildman–Crippen LogP) is 3.24. The van der Waals surface area contributed by atoms with E-state index >= 15 is 0 Å². The fraction of sp³-hybridized carbons (Fsp3) is 0.333. The zero-order chi connectivity index (χ0) is 17.4. The maximum atomic E-state index is 12.7. The van der Waals surface area contributed by atoms with Gasteiger partial charge in [0.2, 0.25) is 0 Å². The number of amides is 1. The lowest BCUT2D eigenvalue weighted by Gasteiger charge is -2.14. The Morgan fingerprint density at radius 3 is 2.72 bits per heavy atom. The maximum Gasteiger partial charge on any atom is 0.257 e. The van der Waals surface area contributed by atoms with Crippen molar-refractivity contribution in [1.82, 2.24) is 24.6 Å². The number of carbonyl (C=O) groups excluding carboxylic acids is 1. The topological polar surface area (TPSA) is 63.9 Å². The second kappa shape index (κ2) is 6.40. The van der Waals surface area contributed by atoms with Crippen LogP contribution in [0.4, 0.5) is 0 Å². The molecule has 0 N–H and O–H groups in total. The third-order valence-electron chi connectivity index (χ3n) is 4.54. The molecule has 1 aliphatic heterocycles. The van der Waals surface area contributed by atoms with Crippen molar-refractivity contribution in [2.24, 2.45) is 0 Å². The van der Waals surface area contributed by atoms with E-state index in [4.69, 9.17) is 4.98 Å². The van der Waals surface area contributed by atoms with E-state index in [9.17, 15) is 4.79 Å². The van der Waals surface area contributed by atoms with Crippen LogP contribution in [0.25, 0.3) is 16.5 Å². The van der Waals surface area contributed by atoms with Crippen LogP contribution in [-0.4, -0.2) is 43.6 Å². The molecule has 0 saturated carbocycles. The summed E-state index contributed by atoms with van der Waals surface area (Å²) in [4.78, 5) is 24.8. The molecule has 0 atom stereocenters. The standard InChI is InChI=1S/C18H19N5OS/c1-12-10-19-18(21-16(12)15-6-5-9-25-15)23-13(2)14(11-20-23)17(24)22-7-3-4-8-22/h5-6,9-11H,3-4,7-8H2,1-2H3. The minimum absolute atomic E-state index is 0.0480. The molecule has 1 amide bonds. The summed E-state index contributed by atoms with van der Waals surface area (Å²) in [7, 11) is 0. The van der Waals surface area contributed by atoms with Gasteiger partial charge in [0.25, 0.3) is 11.9 Å². The monoisotopic (exact) mass is 353 g/mol. The fourth-order valence-electron chi connectivity index (χ4n) is 3.11. The van der Waals surface area contributed by atoms with Gasteiger partial charge in [0.1, 0.15) is 0 Å². The molecule has 3 aromatic heterocycles. The number of rotatable bonds is 3. The molecule has 0 bridgehead atoms. The lowest BCUT2D eigenvalue weighted by Crippen LogP contribution is -2.28. The molecular weight excluding hydrogens is 334 g/mol. The van der Waals surface area contributed by atoms with Gasteiger partial charge in [-0.25, -0.2) is 14.6 Å². The van der Waals surface area contributed by atoms with E-state index in [2.05, 4.69) is 10.1 Å². The van der Waals surface area contributed by atoms with E-state index in [-0.39, 0.29) is 5.91 Å². The Morgan fingerprint density at radius 2 is 2.00 bits per heavy atom. The molecule has 0 spiro atoms. The van der Waals surface area contributed by atoms with E-state index in [0.29, 0.717) is 11.5 Å². The number of hydrogen-bond acceptors (Lipinski definition) is 5. The number of likely N-dealkylation sites (tertiary alicyclic amines) is 1. The van der Waals surface area contributed by atoms with Gasteiger partial charge < -0.3 is 4.90 Å². The first-order valence-electron chi connectivity index (χ1n) is 8.37. The molecule has 0 aromatic carbocycles. The summed E-state index contributed by atoms with van der Waals surface area (Å²) in [6.45, 7) is 5.54. The van der Waals surface area contributed by atoms with Gasteiger partial charge in [0.05, 0.1) is 28.0 Å². The van der Waals surface area contributed by atoms with Crippen molar-refractivity contribution < 1.29 is 4.79 Å². The van der Waals surface area contributed by atoms with E-state index < -0.39 is 0 Å². The average molecular weight is 353 g/mol. The lowest BCUT2D eigenvalue weighted by atomic mass is 10.2. The van der Waals surface area contributed by atoms with Gasteiger partial charge in [0.15, 0.2) is 0 Å². The van der Waals surface area contributed by atoms with Crippen LogP contribution in [0.1, 0.15) is 34.5 Å². The zero-order valence-electron chi connectivity index (χ0n) is 14.3. The number of hydrogen-bond donors (Lipinski definition) is 0. The van der Waals surface area contributed by atoms with Gasteiger partial charge in [0, 0.05) is 19.3 Å². The van der Waals surface area contributed by atoms with Crippen LogP contribution < -0.4 is 0 Å². The number of nitrogens with zero attached hydrogens (tertiary/aromatic N) is 5. The molecule has 7 heteroatoms. The molecule has 0 unspecified atom stereocenters. The largest absolute Gasteiger partial charge is 0.339 e. The van der Waals surface area contributed by atoms with E-state index in [0.717, 1.165) is 47.8 Å². The first-order valence-corrected chi connectivity index (χ1v) is 9.25. The molecule has 0 aliphatic carbocycles. The normalized spacial score (nSPS) is 14.2. The summed E-state index contributed by atoms with van der Waals surface area (Å²) < 4.78 is 1.65. The highest BCUT2D eigenvalue weighted by Crippen LogP contribution is 2.26. The number of carbonyl (C=O) groups is 1. The molecule has 6 nitrogen and oxygen atoms in total. The van der Waals surface area contributed by atoms with Crippen LogP contribution >= 0.6 is 11.3 Å². The fourth-order valence-corrected chi connectivity index (χ4v) is 3.89. The Morgan fingerprint density at radius 1 is 1.20 bits per heavy atom. The van der Waals surface area contributed by atoms with Gasteiger partial charge in [-0.1, -0.05) is 6.07 Å². The molecule has 3 aromatic rings. The average Bonchev–Trinajstić information content (AvgIpc) is 3.37. The van der Waals surface area contributed by atoms with Crippen LogP contribution in [-0.2, 0) is 0 Å². The highest BCUT2D eigenvalue weighted by molar-refractivity contribution is 7.13. The Bertz CT molecular complexity index is 910. The minimum Gasteiger partial charge on any atom is -0.339 e. The summed E-state index contributed by atoms with van der Waals surface area (Å²) in [6.07, 6.45) is 5.58. The van der Waals surface area contributed by atoms with Crippen LogP contribution in [0.2, 0.25) is 0 Å². The summed E-state index contributed by atoms with van der Waals surface area (Å²) >= 11 is 1.64. The first kappa shape index (κ1) is 16.0. The van der Waals surface area contributed by atoms with E-state index in [1.165, 1.54) is 0 Å². The number of aromatic nitrogens is 4. The highest BCUT2D eigenvalue weighted by atomic mass is 32.1. The Kier molecular flexibility index (Phi) is 4.09. The Balaban J connectivity index is 1.71. The van der Waals surface area contributed by atoms with Crippen LogP contribution in [0.15, 0.2) is 29.9 Å². The molecule has 4 heterocycles. The van der Waals surface area contributed by atoms with Gasteiger partial charge in [-0.2, -0.15) is 5.10 Å². The third kappa shape index (κ3) is 2.84. The Labute approximate surface area is 150 Å². The van der Waals surface area contributed by atoms with Crippen molar-refractivity contribution in [3.63, 3.8) is 0 Å². The van der Waals surface area contributed by atoms with Gasteiger partial charge in [-0.3, -0.25) is 4.79 Å². The molecule has 128 valence electrons. The van der Waals surface area contributed by atoms with Crippen molar-refractivity contribution in [3.05, 3.63) is 46.7 Å². The maximum absolute atomic E-state index is 12.7. The SMILES string of the molecule is Cc1cnc(-n2ncc(C(=O)N3CCCC3)c2C)nc1-c1cccs1. The third-order valence-corrected chi connectivity index (χ3v) is 5.41. The van der Waals surface area contributed by atoms with Crippen molar-refractivity contribution in [2.75, 3.05) is 13.1 Å². The van der Waals surface area contributed by atoms with Gasteiger partial charge in [-0.15, -0.1) is 11.3 Å². The Hall–Kier alpha value is -2.54. The van der Waals surface area contributed by atoms with E-state index in [1.807, 2.05) is 36.3 Å². The molecule has 25 heavy (non-hydrogen) atoms. The molecule has 0 radical (unpaired) electrons. The van der Waals surface area contributed by atoms with Crippen molar-refractivity contribution in [2.45, 2.75) is 26.7 Å². The number of thiophene rings is 1. The minimum atomic E-state index is 0.0480. The number of aryl methyl sites for hydroxylation is 1. The molecule has 1 fully saturated rings. The van der Waals surface area contributed by atoms with Crippen molar-refractivity contribution in [1.29, 1.82) is 0 Å².